The number of benzene rings is 1. The lowest BCUT2D eigenvalue weighted by molar-refractivity contribution is -0.000758. The molecule has 7 nitrogen and oxygen atoms in total. The first-order valence-electron chi connectivity index (χ1n) is 9.14. The fourth-order valence-corrected chi connectivity index (χ4v) is 2.52. The number of carbonyl (C=O) groups is 2. The highest BCUT2D eigenvalue weighted by atomic mass is 35.5. The summed E-state index contributed by atoms with van der Waals surface area (Å²) in [7, 11) is 0. The molecule has 0 saturated heterocycles. The molecule has 0 fully saturated rings. The zero-order valence-corrected chi connectivity index (χ0v) is 18.6. The molecule has 0 aliphatic carbocycles. The summed E-state index contributed by atoms with van der Waals surface area (Å²) >= 11 is 5.91. The third-order valence-electron chi connectivity index (χ3n) is 3.31. The van der Waals surface area contributed by atoms with Crippen LogP contribution in [-0.4, -0.2) is 46.5 Å². The molecule has 0 bridgehead atoms. The van der Waals surface area contributed by atoms with Crippen LogP contribution in [0.1, 0.15) is 60.1 Å². The van der Waals surface area contributed by atoms with Gasteiger partial charge in [0.2, 0.25) is 0 Å². The third kappa shape index (κ3) is 8.06. The minimum absolute atomic E-state index is 0.0766. The summed E-state index contributed by atoms with van der Waals surface area (Å²) in [5.41, 5.74) is -1.56. The molecular formula is C20H29ClFNO6. The van der Waals surface area contributed by atoms with Crippen molar-refractivity contribution in [3.8, 4) is 5.75 Å². The largest absolute Gasteiger partial charge is 0.491 e. The smallest absolute Gasteiger partial charge is 0.419 e. The molecule has 0 aliphatic heterocycles. The van der Waals surface area contributed by atoms with Gasteiger partial charge in [0.05, 0.1) is 17.7 Å². The maximum Gasteiger partial charge on any atom is 0.419 e. The highest BCUT2D eigenvalue weighted by Crippen LogP contribution is 2.34. The first-order valence-corrected chi connectivity index (χ1v) is 9.52. The summed E-state index contributed by atoms with van der Waals surface area (Å²) in [4.78, 5) is 25.7. The zero-order valence-electron chi connectivity index (χ0n) is 17.8. The number of rotatable bonds is 5. The van der Waals surface area contributed by atoms with Crippen LogP contribution in [0, 0.1) is 5.82 Å². The molecule has 1 unspecified atom stereocenters. The Hall–Kier alpha value is -2.06. The van der Waals surface area contributed by atoms with Crippen LogP contribution in [-0.2, 0) is 9.47 Å². The van der Waals surface area contributed by atoms with Gasteiger partial charge >= 0.3 is 12.2 Å². The lowest BCUT2D eigenvalue weighted by Crippen LogP contribution is -2.45. The van der Waals surface area contributed by atoms with Crippen molar-refractivity contribution in [2.45, 2.75) is 65.8 Å². The van der Waals surface area contributed by atoms with Crippen LogP contribution in [0.5, 0.6) is 5.75 Å². The lowest BCUT2D eigenvalue weighted by Gasteiger charge is -2.28. The molecule has 0 radical (unpaired) electrons. The molecular weight excluding hydrogens is 405 g/mol. The normalized spacial score (nSPS) is 12.9. The van der Waals surface area contributed by atoms with Gasteiger partial charge in [-0.05, 0) is 60.6 Å². The van der Waals surface area contributed by atoms with E-state index in [9.17, 15) is 19.1 Å². The molecule has 0 aliphatic rings. The Morgan fingerprint density at radius 2 is 1.59 bits per heavy atom. The maximum atomic E-state index is 13.7. The van der Waals surface area contributed by atoms with Crippen molar-refractivity contribution >= 4 is 23.8 Å². The third-order valence-corrected chi connectivity index (χ3v) is 3.69. The van der Waals surface area contributed by atoms with Crippen LogP contribution >= 0.6 is 11.6 Å². The predicted octanol–water partition coefficient (Wildman–Crippen LogP) is 5.08. The molecule has 1 rings (SSSR count). The van der Waals surface area contributed by atoms with E-state index in [1.807, 2.05) is 0 Å². The van der Waals surface area contributed by atoms with Gasteiger partial charge in [0.1, 0.15) is 29.4 Å². The van der Waals surface area contributed by atoms with Crippen LogP contribution in [0.4, 0.5) is 14.0 Å². The average Bonchev–Trinajstić information content (AvgIpc) is 2.50. The van der Waals surface area contributed by atoms with Crippen molar-refractivity contribution in [2.75, 3.05) is 13.2 Å². The van der Waals surface area contributed by atoms with Gasteiger partial charge in [0, 0.05) is 5.56 Å². The van der Waals surface area contributed by atoms with Crippen molar-refractivity contribution in [1.82, 2.24) is 4.90 Å². The van der Waals surface area contributed by atoms with Gasteiger partial charge in [0.25, 0.3) is 0 Å². The molecule has 0 saturated carbocycles. The fourth-order valence-electron chi connectivity index (χ4n) is 2.20. The molecule has 1 aromatic carbocycles. The van der Waals surface area contributed by atoms with E-state index in [0.717, 1.165) is 11.0 Å². The number of aliphatic hydroxyl groups excluding tert-OH is 1. The van der Waals surface area contributed by atoms with Gasteiger partial charge in [-0.1, -0.05) is 11.6 Å². The van der Waals surface area contributed by atoms with Crippen molar-refractivity contribution in [3.63, 3.8) is 0 Å². The van der Waals surface area contributed by atoms with E-state index in [1.54, 1.807) is 41.5 Å². The second kappa shape index (κ2) is 9.63. The molecule has 2 amide bonds. The summed E-state index contributed by atoms with van der Waals surface area (Å²) in [5.74, 6) is -0.557. The summed E-state index contributed by atoms with van der Waals surface area (Å²) in [6.45, 7) is 11.1. The molecule has 1 atom stereocenters. The number of aliphatic hydroxyl groups is 1. The van der Waals surface area contributed by atoms with Crippen LogP contribution in [0.25, 0.3) is 0 Å². The van der Waals surface area contributed by atoms with Crippen LogP contribution in [0.2, 0.25) is 5.02 Å². The van der Waals surface area contributed by atoms with E-state index in [2.05, 4.69) is 0 Å². The number of amides is 2. The van der Waals surface area contributed by atoms with E-state index in [1.165, 1.54) is 13.0 Å². The molecule has 9 heteroatoms. The Morgan fingerprint density at radius 1 is 1.10 bits per heavy atom. The second-order valence-corrected chi connectivity index (χ2v) is 8.79. The van der Waals surface area contributed by atoms with Gasteiger partial charge < -0.3 is 19.3 Å². The SMILES string of the molecule is CC(O)c1c(OCCN(C(=O)OC(C)(C)C)C(=O)OC(C)(C)C)ccc(F)c1Cl. The standard InChI is InChI=1S/C20H29ClFNO6/c1-12(24)15-14(9-8-13(22)16(15)21)27-11-10-23(17(25)28-19(2,3)4)18(26)29-20(5,6)7/h8-9,12,24H,10-11H2,1-7H3. The average molecular weight is 434 g/mol. The van der Waals surface area contributed by atoms with Crippen molar-refractivity contribution in [1.29, 1.82) is 0 Å². The summed E-state index contributed by atoms with van der Waals surface area (Å²) in [6, 6.07) is 2.41. The van der Waals surface area contributed by atoms with E-state index in [-0.39, 0.29) is 29.5 Å². The van der Waals surface area contributed by atoms with Gasteiger partial charge in [0.15, 0.2) is 0 Å². The summed E-state index contributed by atoms with van der Waals surface area (Å²) in [6.07, 6.45) is -2.85. The Bertz CT molecular complexity index is 712. The Kier molecular flexibility index (Phi) is 8.29. The molecule has 29 heavy (non-hydrogen) atoms. The highest BCUT2D eigenvalue weighted by Gasteiger charge is 2.31. The summed E-state index contributed by atoms with van der Waals surface area (Å²) < 4.78 is 29.7. The van der Waals surface area contributed by atoms with E-state index in [0.29, 0.717) is 0 Å². The second-order valence-electron chi connectivity index (χ2n) is 8.41. The van der Waals surface area contributed by atoms with Crippen LogP contribution in [0.3, 0.4) is 0 Å². The number of halogens is 2. The van der Waals surface area contributed by atoms with Crippen molar-refractivity contribution in [3.05, 3.63) is 28.5 Å². The lowest BCUT2D eigenvalue weighted by atomic mass is 10.1. The highest BCUT2D eigenvalue weighted by molar-refractivity contribution is 6.31. The number of nitrogens with zero attached hydrogens (tertiary/aromatic N) is 1. The van der Waals surface area contributed by atoms with Crippen LogP contribution in [0.15, 0.2) is 12.1 Å². The predicted molar refractivity (Wildman–Crippen MR) is 107 cm³/mol. The Labute approximate surface area is 175 Å². The minimum Gasteiger partial charge on any atom is -0.491 e. The topological polar surface area (TPSA) is 85.3 Å². The van der Waals surface area contributed by atoms with Gasteiger partial charge in [-0.2, -0.15) is 0 Å². The monoisotopic (exact) mass is 433 g/mol. The minimum atomic E-state index is -1.08. The molecule has 164 valence electrons. The van der Waals surface area contributed by atoms with Crippen LogP contribution < -0.4 is 4.74 Å². The molecule has 0 heterocycles. The fraction of sp³-hybridized carbons (Fsp3) is 0.600. The quantitative estimate of drug-likeness (QED) is 0.696. The van der Waals surface area contributed by atoms with Gasteiger partial charge in [-0.15, -0.1) is 0 Å². The number of ether oxygens (including phenoxy) is 3. The van der Waals surface area contributed by atoms with Gasteiger partial charge in [-0.25, -0.2) is 18.9 Å². The molecule has 1 N–H and O–H groups in total. The van der Waals surface area contributed by atoms with Crippen molar-refractivity contribution < 1.29 is 33.3 Å². The first kappa shape index (κ1) is 25.0. The Balaban J connectivity index is 2.97. The number of hydrogen-bond acceptors (Lipinski definition) is 6. The number of carbonyl (C=O) groups excluding carboxylic acids is 2. The van der Waals surface area contributed by atoms with E-state index < -0.39 is 35.3 Å². The molecule has 0 spiro atoms. The molecule has 0 aromatic heterocycles. The summed E-state index contributed by atoms with van der Waals surface area (Å²) in [5, 5.41) is 9.60. The number of imide groups is 1. The van der Waals surface area contributed by atoms with Gasteiger partial charge in [-0.3, -0.25) is 0 Å². The number of hydrogen-bond donors (Lipinski definition) is 1. The van der Waals surface area contributed by atoms with Crippen molar-refractivity contribution in [2.24, 2.45) is 0 Å². The van der Waals surface area contributed by atoms with E-state index >= 15 is 0 Å². The molecule has 1 aromatic rings. The Morgan fingerprint density at radius 3 is 2.00 bits per heavy atom. The maximum absolute atomic E-state index is 13.7. The zero-order chi connectivity index (χ0) is 22.6. The first-order chi connectivity index (χ1) is 13.1. The van der Waals surface area contributed by atoms with E-state index in [4.69, 9.17) is 25.8 Å².